The molecule has 0 unspecified atom stereocenters. The molecule has 0 amide bonds. The van der Waals surface area contributed by atoms with E-state index in [1.807, 2.05) is 29.5 Å². The molecule has 0 saturated carbocycles. The van der Waals surface area contributed by atoms with Crippen LogP contribution in [0.5, 0.6) is 0 Å². The van der Waals surface area contributed by atoms with Gasteiger partial charge in [-0.1, -0.05) is 152 Å². The van der Waals surface area contributed by atoms with Crippen molar-refractivity contribution in [2.75, 3.05) is 0 Å². The van der Waals surface area contributed by atoms with Gasteiger partial charge in [0.05, 0.1) is 0 Å². The summed E-state index contributed by atoms with van der Waals surface area (Å²) in [7, 11) is 0. The van der Waals surface area contributed by atoms with Crippen LogP contribution in [0.4, 0.5) is 0 Å². The standard InChI is InChI=1S/C46H29N3S/c1-3-13-30(14-4-1)31-23-26-34(27-24-31)46(39-20-10-7-17-35(39)36-18-8-11-21-40(36)46)45-48-43(32-15-5-2-6-16-32)47-44(49-45)33-25-28-42-38(29-33)37-19-9-12-22-41(37)50-42/h1-29H. The second kappa shape index (κ2) is 11.4. The average molecular weight is 656 g/mol. The zero-order valence-electron chi connectivity index (χ0n) is 27.0. The number of fused-ring (bicyclic) bond motifs is 6. The van der Waals surface area contributed by atoms with Crippen LogP contribution in [0, 0.1) is 0 Å². The molecular formula is C46H29N3S. The van der Waals surface area contributed by atoms with Gasteiger partial charge >= 0.3 is 0 Å². The van der Waals surface area contributed by atoms with Crippen molar-refractivity contribution in [2.24, 2.45) is 0 Å². The van der Waals surface area contributed by atoms with Gasteiger partial charge in [0.1, 0.15) is 5.41 Å². The van der Waals surface area contributed by atoms with Crippen molar-refractivity contribution >= 4 is 31.5 Å². The fourth-order valence-electron chi connectivity index (χ4n) is 7.71. The van der Waals surface area contributed by atoms with Crippen molar-refractivity contribution in [3.05, 3.63) is 198 Å². The Hall–Kier alpha value is -6.23. The number of hydrogen-bond acceptors (Lipinski definition) is 4. The molecule has 234 valence electrons. The highest BCUT2D eigenvalue weighted by molar-refractivity contribution is 7.25. The lowest BCUT2D eigenvalue weighted by atomic mass is 9.71. The van der Waals surface area contributed by atoms with Gasteiger partial charge in [-0.15, -0.1) is 11.3 Å². The van der Waals surface area contributed by atoms with Gasteiger partial charge in [0.25, 0.3) is 0 Å². The molecule has 4 heteroatoms. The molecule has 1 aliphatic rings. The van der Waals surface area contributed by atoms with E-state index in [1.54, 1.807) is 0 Å². The summed E-state index contributed by atoms with van der Waals surface area (Å²) < 4.78 is 2.53. The fourth-order valence-corrected chi connectivity index (χ4v) is 8.80. The Morgan fingerprint density at radius 1 is 0.380 bits per heavy atom. The van der Waals surface area contributed by atoms with E-state index in [9.17, 15) is 0 Å². The van der Waals surface area contributed by atoms with E-state index in [4.69, 9.17) is 15.0 Å². The molecule has 2 aromatic heterocycles. The van der Waals surface area contributed by atoms with Crippen LogP contribution in [-0.2, 0) is 5.41 Å². The third kappa shape index (κ3) is 4.39. The summed E-state index contributed by atoms with van der Waals surface area (Å²) in [5.74, 6) is 2.03. The van der Waals surface area contributed by atoms with Crippen LogP contribution < -0.4 is 0 Å². The van der Waals surface area contributed by atoms with Crippen LogP contribution in [0.3, 0.4) is 0 Å². The van der Waals surface area contributed by atoms with Crippen LogP contribution in [0.2, 0.25) is 0 Å². The second-order valence-electron chi connectivity index (χ2n) is 12.8. The van der Waals surface area contributed by atoms with E-state index in [0.29, 0.717) is 17.5 Å². The molecule has 0 atom stereocenters. The normalized spacial score (nSPS) is 13.0. The minimum Gasteiger partial charge on any atom is -0.211 e. The molecule has 2 heterocycles. The van der Waals surface area contributed by atoms with Crippen molar-refractivity contribution < 1.29 is 0 Å². The number of rotatable bonds is 5. The van der Waals surface area contributed by atoms with Crippen molar-refractivity contribution in [2.45, 2.75) is 5.41 Å². The van der Waals surface area contributed by atoms with E-state index in [0.717, 1.165) is 16.7 Å². The summed E-state index contributed by atoms with van der Waals surface area (Å²) in [4.78, 5) is 16.1. The lowest BCUT2D eigenvalue weighted by molar-refractivity contribution is 0.692. The van der Waals surface area contributed by atoms with Gasteiger partial charge in [-0.05, 0) is 63.2 Å². The predicted octanol–water partition coefficient (Wildman–Crippen LogP) is 11.6. The zero-order valence-corrected chi connectivity index (χ0v) is 27.8. The molecule has 0 fully saturated rings. The smallest absolute Gasteiger partial charge is 0.163 e. The van der Waals surface area contributed by atoms with Crippen LogP contribution in [-0.4, -0.2) is 15.0 Å². The third-order valence-corrected chi connectivity index (χ3v) is 11.2. The molecule has 10 rings (SSSR count). The molecule has 0 aliphatic heterocycles. The van der Waals surface area contributed by atoms with Gasteiger partial charge in [0.15, 0.2) is 17.5 Å². The number of hydrogen-bond donors (Lipinski definition) is 0. The molecule has 7 aromatic carbocycles. The number of nitrogens with zero attached hydrogens (tertiary/aromatic N) is 3. The number of benzene rings is 7. The highest BCUT2D eigenvalue weighted by atomic mass is 32.1. The highest BCUT2D eigenvalue weighted by Gasteiger charge is 2.48. The molecule has 0 spiro atoms. The van der Waals surface area contributed by atoms with Crippen molar-refractivity contribution in [1.29, 1.82) is 0 Å². The first kappa shape index (κ1) is 28.8. The maximum atomic E-state index is 5.49. The van der Waals surface area contributed by atoms with Gasteiger partial charge in [-0.25, -0.2) is 15.0 Å². The maximum Gasteiger partial charge on any atom is 0.163 e. The fraction of sp³-hybridized carbons (Fsp3) is 0.0217. The Bertz CT molecular complexity index is 2650. The molecule has 3 nitrogen and oxygen atoms in total. The molecular weight excluding hydrogens is 627 g/mol. The molecule has 0 N–H and O–H groups in total. The highest BCUT2D eigenvalue weighted by Crippen LogP contribution is 2.55. The van der Waals surface area contributed by atoms with Crippen LogP contribution in [0.1, 0.15) is 22.5 Å². The van der Waals surface area contributed by atoms with E-state index < -0.39 is 5.41 Å². The second-order valence-corrected chi connectivity index (χ2v) is 13.8. The maximum absolute atomic E-state index is 5.49. The van der Waals surface area contributed by atoms with Crippen molar-refractivity contribution in [1.82, 2.24) is 15.0 Å². The Kier molecular flexibility index (Phi) is 6.58. The van der Waals surface area contributed by atoms with Gasteiger partial charge in [0.2, 0.25) is 0 Å². The van der Waals surface area contributed by atoms with Gasteiger partial charge in [-0.2, -0.15) is 0 Å². The lowest BCUT2D eigenvalue weighted by Crippen LogP contribution is -2.31. The first-order chi connectivity index (χ1) is 24.8. The molecule has 50 heavy (non-hydrogen) atoms. The zero-order chi connectivity index (χ0) is 33.1. The summed E-state index contributed by atoms with van der Waals surface area (Å²) in [6.45, 7) is 0. The van der Waals surface area contributed by atoms with Crippen LogP contribution in [0.25, 0.3) is 65.2 Å². The number of thiophene rings is 1. The van der Waals surface area contributed by atoms with E-state index >= 15 is 0 Å². The van der Waals surface area contributed by atoms with Gasteiger partial charge < -0.3 is 0 Å². The SMILES string of the molecule is c1ccc(-c2ccc(C3(c4nc(-c5ccccc5)nc(-c5ccc6sc7ccccc7c6c5)n4)c4ccccc4-c4ccccc43)cc2)cc1. The lowest BCUT2D eigenvalue weighted by Gasteiger charge is -2.32. The monoisotopic (exact) mass is 655 g/mol. The van der Waals surface area contributed by atoms with Gasteiger partial charge in [-0.3, -0.25) is 0 Å². The topological polar surface area (TPSA) is 38.7 Å². The van der Waals surface area contributed by atoms with E-state index in [-0.39, 0.29) is 0 Å². The first-order valence-electron chi connectivity index (χ1n) is 16.9. The average Bonchev–Trinajstić information content (AvgIpc) is 3.72. The minimum atomic E-state index is -0.775. The summed E-state index contributed by atoms with van der Waals surface area (Å²) in [6.07, 6.45) is 0. The first-order valence-corrected chi connectivity index (χ1v) is 17.7. The Morgan fingerprint density at radius 2 is 0.900 bits per heavy atom. The van der Waals surface area contributed by atoms with E-state index in [1.165, 1.54) is 53.6 Å². The Balaban J connectivity index is 1.27. The summed E-state index contributed by atoms with van der Waals surface area (Å²) >= 11 is 1.82. The summed E-state index contributed by atoms with van der Waals surface area (Å²) in [5, 5.41) is 2.47. The molecule has 0 bridgehead atoms. The Morgan fingerprint density at radius 3 is 1.60 bits per heavy atom. The largest absolute Gasteiger partial charge is 0.211 e. The molecule has 0 radical (unpaired) electrons. The molecule has 1 aliphatic carbocycles. The van der Waals surface area contributed by atoms with Crippen molar-refractivity contribution in [3.8, 4) is 45.0 Å². The predicted molar refractivity (Wildman–Crippen MR) is 206 cm³/mol. The third-order valence-electron chi connectivity index (χ3n) is 10.0. The quantitative estimate of drug-likeness (QED) is 0.185. The van der Waals surface area contributed by atoms with Crippen molar-refractivity contribution in [3.63, 3.8) is 0 Å². The minimum absolute atomic E-state index is 0.656. The summed E-state index contributed by atoms with van der Waals surface area (Å²) in [5.41, 5.74) is 9.35. The Labute approximate surface area is 294 Å². The van der Waals surface area contributed by atoms with Crippen LogP contribution in [0.15, 0.2) is 176 Å². The summed E-state index contributed by atoms with van der Waals surface area (Å²) in [6, 6.07) is 62.5. The molecule has 9 aromatic rings. The van der Waals surface area contributed by atoms with E-state index in [2.05, 4.69) is 158 Å². The van der Waals surface area contributed by atoms with Gasteiger partial charge in [0, 0.05) is 31.3 Å². The van der Waals surface area contributed by atoms with Crippen LogP contribution >= 0.6 is 11.3 Å². The number of aromatic nitrogens is 3. The molecule has 0 saturated heterocycles.